The van der Waals surface area contributed by atoms with Gasteiger partial charge in [-0.05, 0) is 74.1 Å². The van der Waals surface area contributed by atoms with Crippen LogP contribution in [0.5, 0.6) is 5.75 Å². The highest BCUT2D eigenvalue weighted by Crippen LogP contribution is 2.17. The largest absolute Gasteiger partial charge is 0.494 e. The summed E-state index contributed by atoms with van der Waals surface area (Å²) >= 11 is 5.24. The summed E-state index contributed by atoms with van der Waals surface area (Å²) in [5.41, 5.74) is 2.15. The maximum Gasteiger partial charge on any atom is 0.255 e. The van der Waals surface area contributed by atoms with Crippen molar-refractivity contribution in [1.82, 2.24) is 5.32 Å². The summed E-state index contributed by atoms with van der Waals surface area (Å²) in [6, 6.07) is 14.5. The Morgan fingerprint density at radius 1 is 0.962 bits per heavy atom. The molecule has 0 aliphatic heterocycles. The molecule has 6 heteroatoms. The van der Waals surface area contributed by atoms with Gasteiger partial charge in [0.05, 0.1) is 6.61 Å². The Kier molecular flexibility index (Phi) is 7.89. The second kappa shape index (κ2) is 10.4. The molecule has 2 aromatic rings. The number of carbonyl (C=O) groups is 1. The van der Waals surface area contributed by atoms with Crippen LogP contribution in [0.2, 0.25) is 0 Å². The fourth-order valence-electron chi connectivity index (χ4n) is 2.26. The molecule has 0 heterocycles. The first-order chi connectivity index (χ1) is 12.6. The lowest BCUT2D eigenvalue weighted by molar-refractivity contribution is 0.102. The van der Waals surface area contributed by atoms with E-state index in [9.17, 15) is 4.79 Å². The summed E-state index contributed by atoms with van der Waals surface area (Å²) in [5, 5.41) is 9.71. The normalized spacial score (nSPS) is 10.1. The van der Waals surface area contributed by atoms with Crippen LogP contribution < -0.4 is 20.7 Å². The van der Waals surface area contributed by atoms with Crippen LogP contribution in [0.3, 0.4) is 0 Å². The van der Waals surface area contributed by atoms with Gasteiger partial charge in [0.15, 0.2) is 5.11 Å². The van der Waals surface area contributed by atoms with Crippen molar-refractivity contribution in [2.24, 2.45) is 0 Å². The zero-order valence-electron chi connectivity index (χ0n) is 15.2. The van der Waals surface area contributed by atoms with E-state index in [0.29, 0.717) is 17.3 Å². The molecule has 0 fully saturated rings. The number of ether oxygens (including phenoxy) is 1. The van der Waals surface area contributed by atoms with Gasteiger partial charge >= 0.3 is 0 Å². The van der Waals surface area contributed by atoms with Crippen molar-refractivity contribution in [2.75, 3.05) is 23.8 Å². The second-order valence-electron chi connectivity index (χ2n) is 5.72. The first-order valence-corrected chi connectivity index (χ1v) is 9.22. The monoisotopic (exact) mass is 371 g/mol. The van der Waals surface area contributed by atoms with Gasteiger partial charge in [-0.3, -0.25) is 4.79 Å². The lowest BCUT2D eigenvalue weighted by Gasteiger charge is -2.11. The molecule has 0 aliphatic carbocycles. The van der Waals surface area contributed by atoms with E-state index in [0.717, 1.165) is 36.5 Å². The number of benzene rings is 2. The Bertz CT molecular complexity index is 715. The van der Waals surface area contributed by atoms with Crippen LogP contribution in [-0.2, 0) is 0 Å². The molecule has 3 N–H and O–H groups in total. The number of unbranched alkanes of at least 4 members (excludes halogenated alkanes) is 1. The molecule has 1 amide bonds. The number of anilines is 2. The van der Waals surface area contributed by atoms with E-state index in [-0.39, 0.29) is 5.91 Å². The third-order valence-electron chi connectivity index (χ3n) is 3.64. The summed E-state index contributed by atoms with van der Waals surface area (Å²) in [6.07, 6.45) is 2.19. The van der Waals surface area contributed by atoms with E-state index >= 15 is 0 Å². The molecular weight excluding hydrogens is 346 g/mol. The quantitative estimate of drug-likeness (QED) is 0.473. The maximum absolute atomic E-state index is 12.3. The summed E-state index contributed by atoms with van der Waals surface area (Å²) in [4.78, 5) is 12.3. The highest BCUT2D eigenvalue weighted by atomic mass is 32.1. The summed E-state index contributed by atoms with van der Waals surface area (Å²) < 4.78 is 5.39. The average molecular weight is 372 g/mol. The first kappa shape index (κ1) is 19.7. The summed E-state index contributed by atoms with van der Waals surface area (Å²) in [7, 11) is 0. The Balaban J connectivity index is 1.88. The van der Waals surface area contributed by atoms with Crippen molar-refractivity contribution in [3.63, 3.8) is 0 Å². The Morgan fingerprint density at radius 2 is 1.58 bits per heavy atom. The van der Waals surface area contributed by atoms with Crippen molar-refractivity contribution >= 4 is 34.6 Å². The maximum atomic E-state index is 12.3. The van der Waals surface area contributed by atoms with Gasteiger partial charge in [0.25, 0.3) is 5.91 Å². The van der Waals surface area contributed by atoms with E-state index in [1.807, 2.05) is 43.3 Å². The smallest absolute Gasteiger partial charge is 0.255 e. The van der Waals surface area contributed by atoms with Crippen molar-refractivity contribution in [2.45, 2.75) is 26.7 Å². The molecule has 0 saturated heterocycles. The van der Waals surface area contributed by atoms with Crippen LogP contribution in [0.25, 0.3) is 0 Å². The third-order valence-corrected chi connectivity index (χ3v) is 3.89. The van der Waals surface area contributed by atoms with E-state index in [1.54, 1.807) is 12.1 Å². The third kappa shape index (κ3) is 6.37. The minimum absolute atomic E-state index is 0.163. The molecule has 2 aromatic carbocycles. The highest BCUT2D eigenvalue weighted by molar-refractivity contribution is 7.80. The zero-order valence-corrected chi connectivity index (χ0v) is 16.0. The van der Waals surface area contributed by atoms with E-state index in [1.165, 1.54) is 0 Å². The molecular formula is C20H25N3O2S. The van der Waals surface area contributed by atoms with Crippen LogP contribution in [-0.4, -0.2) is 24.2 Å². The fourth-order valence-corrected chi connectivity index (χ4v) is 2.48. The predicted octanol–water partition coefficient (Wildman–Crippen LogP) is 4.42. The van der Waals surface area contributed by atoms with E-state index < -0.39 is 0 Å². The fraction of sp³-hybridized carbons (Fsp3) is 0.300. The van der Waals surface area contributed by atoms with Gasteiger partial charge in [-0.1, -0.05) is 13.3 Å². The van der Waals surface area contributed by atoms with Crippen LogP contribution >= 0.6 is 12.2 Å². The average Bonchev–Trinajstić information content (AvgIpc) is 2.64. The van der Waals surface area contributed by atoms with E-state index in [2.05, 4.69) is 22.9 Å². The SMILES string of the molecule is CCCCNC(=S)Nc1ccc(C(=O)Nc2ccc(OCC)cc2)cc1. The van der Waals surface area contributed by atoms with Gasteiger partial charge in [0.2, 0.25) is 0 Å². The van der Waals surface area contributed by atoms with Gasteiger partial charge in [-0.15, -0.1) is 0 Å². The number of nitrogens with one attached hydrogen (secondary N) is 3. The molecule has 138 valence electrons. The molecule has 0 aliphatic rings. The summed E-state index contributed by atoms with van der Waals surface area (Å²) in [6.45, 7) is 5.53. The number of thiocarbonyl (C=S) groups is 1. The number of amides is 1. The minimum Gasteiger partial charge on any atom is -0.494 e. The van der Waals surface area contributed by atoms with Crippen LogP contribution in [0.4, 0.5) is 11.4 Å². The number of rotatable bonds is 8. The first-order valence-electron chi connectivity index (χ1n) is 8.81. The van der Waals surface area contributed by atoms with Crippen molar-refractivity contribution in [1.29, 1.82) is 0 Å². The van der Waals surface area contributed by atoms with Crippen LogP contribution in [0, 0.1) is 0 Å². The van der Waals surface area contributed by atoms with Gasteiger partial charge in [-0.25, -0.2) is 0 Å². The lowest BCUT2D eigenvalue weighted by Crippen LogP contribution is -2.29. The molecule has 26 heavy (non-hydrogen) atoms. The minimum atomic E-state index is -0.163. The van der Waals surface area contributed by atoms with E-state index in [4.69, 9.17) is 17.0 Å². The Labute approximate surface area is 160 Å². The second-order valence-corrected chi connectivity index (χ2v) is 6.13. The Morgan fingerprint density at radius 3 is 2.19 bits per heavy atom. The molecule has 0 saturated carbocycles. The molecule has 0 atom stereocenters. The van der Waals surface area contributed by atoms with Gasteiger partial charge in [-0.2, -0.15) is 0 Å². The molecule has 0 radical (unpaired) electrons. The van der Waals surface area contributed by atoms with Crippen molar-refractivity contribution in [3.05, 3.63) is 54.1 Å². The topological polar surface area (TPSA) is 62.4 Å². The predicted molar refractivity (Wildman–Crippen MR) is 111 cm³/mol. The number of hydrogen-bond acceptors (Lipinski definition) is 3. The summed E-state index contributed by atoms with van der Waals surface area (Å²) in [5.74, 6) is 0.619. The molecule has 5 nitrogen and oxygen atoms in total. The van der Waals surface area contributed by atoms with Gasteiger partial charge in [0.1, 0.15) is 5.75 Å². The lowest BCUT2D eigenvalue weighted by atomic mass is 10.2. The standard InChI is InChI=1S/C20H25N3O2S/c1-3-5-14-21-20(26)23-17-8-6-15(7-9-17)19(24)22-16-10-12-18(13-11-16)25-4-2/h6-13H,3-5,14H2,1-2H3,(H,22,24)(H2,21,23,26). The number of carbonyl (C=O) groups excluding carboxylic acids is 1. The number of hydrogen-bond donors (Lipinski definition) is 3. The van der Waals surface area contributed by atoms with Crippen LogP contribution in [0.1, 0.15) is 37.0 Å². The molecule has 0 spiro atoms. The molecule has 2 rings (SSSR count). The molecule has 0 aromatic heterocycles. The van der Waals surface area contributed by atoms with Gasteiger partial charge < -0.3 is 20.7 Å². The van der Waals surface area contributed by atoms with Crippen molar-refractivity contribution in [3.8, 4) is 5.75 Å². The van der Waals surface area contributed by atoms with Crippen LogP contribution in [0.15, 0.2) is 48.5 Å². The van der Waals surface area contributed by atoms with Crippen molar-refractivity contribution < 1.29 is 9.53 Å². The van der Waals surface area contributed by atoms with Gasteiger partial charge in [0, 0.05) is 23.5 Å². The Hall–Kier alpha value is -2.60. The molecule has 0 unspecified atom stereocenters. The molecule has 0 bridgehead atoms. The zero-order chi connectivity index (χ0) is 18.8. The highest BCUT2D eigenvalue weighted by Gasteiger charge is 2.07.